The quantitative estimate of drug-likeness (QED) is 0.263. The van der Waals surface area contributed by atoms with E-state index in [1.54, 1.807) is 0 Å². The van der Waals surface area contributed by atoms with Crippen LogP contribution in [-0.4, -0.2) is 131 Å². The third-order valence-corrected chi connectivity index (χ3v) is 9.82. The average molecular weight is 656 g/mol. The maximum absolute atomic E-state index is 13.0. The first-order valence-electron chi connectivity index (χ1n) is 17.7. The monoisotopic (exact) mass is 655 g/mol. The highest BCUT2D eigenvalue weighted by Crippen LogP contribution is 2.25. The highest BCUT2D eigenvalue weighted by Gasteiger charge is 2.25. The highest BCUT2D eigenvalue weighted by atomic mass is 16.2. The molecule has 260 valence electrons. The summed E-state index contributed by atoms with van der Waals surface area (Å²) in [7, 11) is 4.24. The number of carbonyl (C=O) groups is 2. The molecule has 0 aliphatic carbocycles. The molecule has 0 spiro atoms. The summed E-state index contributed by atoms with van der Waals surface area (Å²) in [6, 6.07) is 17.3. The fraction of sp³-hybridized carbons (Fsp3) is 0.538. The molecule has 2 amide bonds. The molecule has 0 saturated carbocycles. The van der Waals surface area contributed by atoms with Crippen molar-refractivity contribution in [3.63, 3.8) is 0 Å². The lowest BCUT2D eigenvalue weighted by molar-refractivity contribution is 0.0590. The van der Waals surface area contributed by atoms with Crippen LogP contribution in [0.1, 0.15) is 62.3 Å². The van der Waals surface area contributed by atoms with E-state index >= 15 is 0 Å². The second-order valence-electron chi connectivity index (χ2n) is 15.2. The van der Waals surface area contributed by atoms with Crippen molar-refractivity contribution in [1.82, 2.24) is 34.1 Å². The van der Waals surface area contributed by atoms with Crippen molar-refractivity contribution in [3.05, 3.63) is 72.1 Å². The summed E-state index contributed by atoms with van der Waals surface area (Å²) in [6.45, 7) is 22.6. The number of hydrogen-bond acceptors (Lipinski definition) is 5. The molecular formula is C39H57N7O2. The number of aromatic amines is 1. The first-order valence-corrected chi connectivity index (χ1v) is 17.7. The Morgan fingerprint density at radius 3 is 1.77 bits per heavy atom. The Morgan fingerprint density at radius 1 is 0.729 bits per heavy atom. The van der Waals surface area contributed by atoms with Gasteiger partial charge in [-0.15, -0.1) is 0 Å². The lowest BCUT2D eigenvalue weighted by Gasteiger charge is -2.37. The molecule has 4 heterocycles. The van der Waals surface area contributed by atoms with Crippen LogP contribution in [0.2, 0.25) is 0 Å². The lowest BCUT2D eigenvalue weighted by Crippen LogP contribution is -2.50. The highest BCUT2D eigenvalue weighted by molar-refractivity contribution is 5.99. The number of benzene rings is 2. The molecule has 4 aromatic rings. The molecule has 9 nitrogen and oxygen atoms in total. The van der Waals surface area contributed by atoms with Crippen LogP contribution in [0, 0.1) is 5.41 Å². The van der Waals surface area contributed by atoms with Crippen LogP contribution in [0.15, 0.2) is 60.9 Å². The average Bonchev–Trinajstić information content (AvgIpc) is 3.70. The van der Waals surface area contributed by atoms with Crippen molar-refractivity contribution in [1.29, 1.82) is 0 Å². The normalized spacial score (nSPS) is 16.7. The smallest absolute Gasteiger partial charge is 0.253 e. The van der Waals surface area contributed by atoms with Gasteiger partial charge in [-0.3, -0.25) is 19.4 Å². The van der Waals surface area contributed by atoms with E-state index in [4.69, 9.17) is 0 Å². The predicted octanol–water partition coefficient (Wildman–Crippen LogP) is 5.73. The summed E-state index contributed by atoms with van der Waals surface area (Å²) in [5.41, 5.74) is 4.05. The number of nitrogens with one attached hydrogen (secondary N) is 1. The van der Waals surface area contributed by atoms with E-state index in [0.29, 0.717) is 12.1 Å². The van der Waals surface area contributed by atoms with E-state index in [1.165, 1.54) is 5.52 Å². The number of amides is 2. The fourth-order valence-electron chi connectivity index (χ4n) is 7.27. The number of hydrogen-bond donors (Lipinski definition) is 1. The fourth-order valence-corrected chi connectivity index (χ4v) is 7.27. The molecule has 2 saturated heterocycles. The van der Waals surface area contributed by atoms with Gasteiger partial charge in [-0.25, -0.2) is 0 Å². The number of nitrogens with zero attached hydrogens (tertiary/aromatic N) is 6. The number of carbonyl (C=O) groups excluding carboxylic acids is 2. The van der Waals surface area contributed by atoms with E-state index < -0.39 is 0 Å². The maximum Gasteiger partial charge on any atom is 0.253 e. The topological polar surface area (TPSA) is 71.1 Å². The summed E-state index contributed by atoms with van der Waals surface area (Å²) in [4.78, 5) is 39.7. The number of rotatable bonds is 8. The SMILES string of the molecule is CC(C)N1CCN(C(=O)c2ccc3[nH]ccc3c2)CC1.CC(C)N1CCN(C(=O)c2ccc3c(ccn3CC(C)(C)CN(C)C)c2)CC1. The van der Waals surface area contributed by atoms with Gasteiger partial charge >= 0.3 is 0 Å². The van der Waals surface area contributed by atoms with E-state index in [9.17, 15) is 9.59 Å². The van der Waals surface area contributed by atoms with Crippen molar-refractivity contribution in [3.8, 4) is 0 Å². The molecule has 2 aromatic heterocycles. The Bertz CT molecular complexity index is 1670. The molecule has 48 heavy (non-hydrogen) atoms. The zero-order valence-electron chi connectivity index (χ0n) is 30.5. The van der Waals surface area contributed by atoms with Gasteiger partial charge in [0.25, 0.3) is 11.8 Å². The van der Waals surface area contributed by atoms with Gasteiger partial charge in [0.15, 0.2) is 0 Å². The van der Waals surface area contributed by atoms with Gasteiger partial charge in [-0.2, -0.15) is 0 Å². The van der Waals surface area contributed by atoms with Crippen molar-refractivity contribution >= 4 is 33.6 Å². The molecule has 2 aromatic carbocycles. The maximum atomic E-state index is 13.0. The van der Waals surface area contributed by atoms with Gasteiger partial charge in [0.2, 0.25) is 0 Å². The number of H-pyrrole nitrogens is 1. The third kappa shape index (κ3) is 8.67. The first-order chi connectivity index (χ1) is 22.8. The summed E-state index contributed by atoms with van der Waals surface area (Å²) in [5.74, 6) is 0.308. The molecule has 1 N–H and O–H groups in total. The molecular weight excluding hydrogens is 598 g/mol. The Hall–Kier alpha value is -3.66. The van der Waals surface area contributed by atoms with Crippen LogP contribution in [-0.2, 0) is 6.54 Å². The van der Waals surface area contributed by atoms with Gasteiger partial charge < -0.3 is 24.3 Å². The molecule has 2 aliphatic heterocycles. The molecule has 0 radical (unpaired) electrons. The minimum Gasteiger partial charge on any atom is -0.361 e. The van der Waals surface area contributed by atoms with Crippen LogP contribution in [0.4, 0.5) is 0 Å². The molecule has 6 rings (SSSR count). The molecule has 2 aliphatic rings. The second-order valence-corrected chi connectivity index (χ2v) is 15.2. The Morgan fingerprint density at radius 2 is 1.25 bits per heavy atom. The van der Waals surface area contributed by atoms with E-state index in [1.807, 2.05) is 46.3 Å². The predicted molar refractivity (Wildman–Crippen MR) is 198 cm³/mol. The molecule has 0 unspecified atom stereocenters. The lowest BCUT2D eigenvalue weighted by atomic mass is 9.93. The summed E-state index contributed by atoms with van der Waals surface area (Å²) < 4.78 is 2.31. The minimum absolute atomic E-state index is 0.150. The van der Waals surface area contributed by atoms with Crippen molar-refractivity contribution < 1.29 is 9.59 Å². The molecule has 0 bridgehead atoms. The van der Waals surface area contributed by atoms with Crippen LogP contribution >= 0.6 is 0 Å². The summed E-state index contributed by atoms with van der Waals surface area (Å²) in [5, 5.41) is 2.24. The summed E-state index contributed by atoms with van der Waals surface area (Å²) >= 11 is 0. The van der Waals surface area contributed by atoms with Crippen LogP contribution in [0.5, 0.6) is 0 Å². The number of fused-ring (bicyclic) bond motifs is 2. The van der Waals surface area contributed by atoms with Gasteiger partial charge in [-0.05, 0) is 95.7 Å². The van der Waals surface area contributed by atoms with Crippen LogP contribution < -0.4 is 0 Å². The van der Waals surface area contributed by atoms with Crippen molar-refractivity contribution in [2.45, 2.75) is 60.2 Å². The molecule has 9 heteroatoms. The number of piperazine rings is 2. The van der Waals surface area contributed by atoms with Crippen molar-refractivity contribution in [2.24, 2.45) is 5.41 Å². The summed E-state index contributed by atoms with van der Waals surface area (Å²) in [6.07, 6.45) is 4.05. The molecule has 0 atom stereocenters. The van der Waals surface area contributed by atoms with E-state index in [2.05, 4.69) is 104 Å². The minimum atomic E-state index is 0.150. The van der Waals surface area contributed by atoms with Crippen LogP contribution in [0.3, 0.4) is 0 Å². The Kier molecular flexibility index (Phi) is 11.3. The van der Waals surface area contributed by atoms with E-state index in [0.717, 1.165) is 92.9 Å². The van der Waals surface area contributed by atoms with Crippen LogP contribution in [0.25, 0.3) is 21.8 Å². The molecule has 2 fully saturated rings. The van der Waals surface area contributed by atoms with E-state index in [-0.39, 0.29) is 17.2 Å². The first kappa shape index (κ1) is 35.6. The Labute approximate surface area is 287 Å². The zero-order valence-corrected chi connectivity index (χ0v) is 30.5. The largest absolute Gasteiger partial charge is 0.361 e. The van der Waals surface area contributed by atoms with Gasteiger partial charge in [-0.1, -0.05) is 13.8 Å². The van der Waals surface area contributed by atoms with Gasteiger partial charge in [0, 0.05) is 123 Å². The third-order valence-electron chi connectivity index (χ3n) is 9.82. The van der Waals surface area contributed by atoms with Gasteiger partial charge in [0.05, 0.1) is 0 Å². The number of aromatic nitrogens is 2. The zero-order chi connectivity index (χ0) is 34.6. The van der Waals surface area contributed by atoms with Gasteiger partial charge in [0.1, 0.15) is 0 Å². The second kappa shape index (κ2) is 15.3. The Balaban J connectivity index is 0.000000198. The standard InChI is InChI=1S/C23H36N4O.C16H21N3O/c1-18(2)25-11-13-26(14-12-25)22(28)20-7-8-21-19(15-20)9-10-27(21)17-23(3,4)16-24(5)6;1-12(2)18-7-9-19(10-8-18)16(20)14-3-4-15-13(11-14)5-6-17-15/h7-10,15,18H,11-14,16-17H2,1-6H3;3-6,11-12,17H,7-10H2,1-2H3. The van der Waals surface area contributed by atoms with Crippen molar-refractivity contribution in [2.75, 3.05) is 73.0 Å².